The van der Waals surface area contributed by atoms with Crippen molar-refractivity contribution in [2.24, 2.45) is 11.8 Å². The summed E-state index contributed by atoms with van der Waals surface area (Å²) in [6.07, 6.45) is 4.37. The number of imidazole rings is 1. The highest BCUT2D eigenvalue weighted by Crippen LogP contribution is 2.37. The zero-order valence-electron chi connectivity index (χ0n) is 10.3. The second kappa shape index (κ2) is 4.12. The standard InChI is InChI=1S/C14H16N2O2/c1-9(10-5-6-10)7-16-8-15-12-4-2-3-11(13(12)16)14(17)18/h2-4,8-10H,5-7H2,1H3,(H,17,18). The van der Waals surface area contributed by atoms with E-state index in [0.717, 1.165) is 23.5 Å². The van der Waals surface area contributed by atoms with Crippen LogP contribution in [-0.2, 0) is 6.54 Å². The Balaban J connectivity index is 2.03. The molecule has 0 saturated heterocycles. The van der Waals surface area contributed by atoms with Crippen LogP contribution in [0.15, 0.2) is 24.5 Å². The molecule has 1 N–H and O–H groups in total. The molecule has 0 aliphatic heterocycles. The molecule has 1 aliphatic carbocycles. The monoisotopic (exact) mass is 244 g/mol. The molecule has 2 aromatic rings. The Kier molecular flexibility index (Phi) is 2.58. The Morgan fingerprint density at radius 3 is 3.00 bits per heavy atom. The van der Waals surface area contributed by atoms with Crippen LogP contribution >= 0.6 is 0 Å². The van der Waals surface area contributed by atoms with Gasteiger partial charge in [0, 0.05) is 6.54 Å². The summed E-state index contributed by atoms with van der Waals surface area (Å²) in [6, 6.07) is 5.25. The van der Waals surface area contributed by atoms with Gasteiger partial charge < -0.3 is 9.67 Å². The number of nitrogens with zero attached hydrogens (tertiary/aromatic N) is 2. The van der Waals surface area contributed by atoms with Gasteiger partial charge in [0.05, 0.1) is 22.9 Å². The van der Waals surface area contributed by atoms with Gasteiger partial charge in [-0.1, -0.05) is 13.0 Å². The highest BCUT2D eigenvalue weighted by molar-refractivity contribution is 6.01. The third kappa shape index (κ3) is 1.88. The summed E-state index contributed by atoms with van der Waals surface area (Å²) in [5.74, 6) is 0.505. The first-order chi connectivity index (χ1) is 8.66. The number of fused-ring (bicyclic) bond motifs is 1. The van der Waals surface area contributed by atoms with E-state index in [2.05, 4.69) is 11.9 Å². The normalized spacial score (nSPS) is 16.9. The van der Waals surface area contributed by atoms with Crippen molar-refractivity contribution in [3.63, 3.8) is 0 Å². The first kappa shape index (κ1) is 11.3. The van der Waals surface area contributed by atoms with Gasteiger partial charge in [0.25, 0.3) is 0 Å². The zero-order chi connectivity index (χ0) is 12.7. The van der Waals surface area contributed by atoms with Crippen molar-refractivity contribution in [3.05, 3.63) is 30.1 Å². The lowest BCUT2D eigenvalue weighted by atomic mass is 10.1. The molecule has 0 bridgehead atoms. The third-order valence-electron chi connectivity index (χ3n) is 3.78. The first-order valence-corrected chi connectivity index (χ1v) is 6.34. The molecule has 18 heavy (non-hydrogen) atoms. The molecule has 1 heterocycles. The molecule has 1 aromatic carbocycles. The lowest BCUT2D eigenvalue weighted by Crippen LogP contribution is -2.10. The van der Waals surface area contributed by atoms with Gasteiger partial charge in [0.15, 0.2) is 0 Å². The molecule has 0 spiro atoms. The van der Waals surface area contributed by atoms with Gasteiger partial charge in [0.2, 0.25) is 0 Å². The molecule has 94 valence electrons. The Morgan fingerprint density at radius 1 is 1.56 bits per heavy atom. The number of rotatable bonds is 4. The average molecular weight is 244 g/mol. The van der Waals surface area contributed by atoms with Crippen molar-refractivity contribution in [3.8, 4) is 0 Å². The van der Waals surface area contributed by atoms with Crippen molar-refractivity contribution in [2.75, 3.05) is 0 Å². The van der Waals surface area contributed by atoms with E-state index in [-0.39, 0.29) is 0 Å². The summed E-state index contributed by atoms with van der Waals surface area (Å²) in [6.45, 7) is 3.08. The van der Waals surface area contributed by atoms with E-state index in [1.807, 2.05) is 10.6 Å². The first-order valence-electron chi connectivity index (χ1n) is 6.34. The van der Waals surface area contributed by atoms with Gasteiger partial charge in [-0.05, 0) is 36.8 Å². The number of carbonyl (C=O) groups is 1. The van der Waals surface area contributed by atoms with Crippen molar-refractivity contribution < 1.29 is 9.90 Å². The Bertz CT molecular complexity index is 599. The number of hydrogen-bond acceptors (Lipinski definition) is 2. The van der Waals surface area contributed by atoms with E-state index >= 15 is 0 Å². The van der Waals surface area contributed by atoms with Gasteiger partial charge in [-0.15, -0.1) is 0 Å². The molecule has 0 radical (unpaired) electrons. The van der Waals surface area contributed by atoms with Crippen LogP contribution in [0.4, 0.5) is 0 Å². The maximum Gasteiger partial charge on any atom is 0.337 e. The predicted molar refractivity (Wildman–Crippen MR) is 68.6 cm³/mol. The highest BCUT2D eigenvalue weighted by Gasteiger charge is 2.28. The third-order valence-corrected chi connectivity index (χ3v) is 3.78. The molecule has 4 heteroatoms. The van der Waals surface area contributed by atoms with Crippen molar-refractivity contribution in [1.82, 2.24) is 9.55 Å². The number of carboxylic acid groups (broad SMARTS) is 1. The van der Waals surface area contributed by atoms with Gasteiger partial charge in [0.1, 0.15) is 0 Å². The van der Waals surface area contributed by atoms with Gasteiger partial charge in [-0.2, -0.15) is 0 Å². The van der Waals surface area contributed by atoms with E-state index in [1.54, 1.807) is 18.5 Å². The number of para-hydroxylation sites is 1. The van der Waals surface area contributed by atoms with E-state index in [1.165, 1.54) is 12.8 Å². The van der Waals surface area contributed by atoms with Gasteiger partial charge in [-0.25, -0.2) is 9.78 Å². The maximum absolute atomic E-state index is 11.3. The van der Waals surface area contributed by atoms with Crippen molar-refractivity contribution >= 4 is 17.0 Å². The molecular weight excluding hydrogens is 228 g/mol. The Hall–Kier alpha value is -1.84. The minimum atomic E-state index is -0.888. The topological polar surface area (TPSA) is 55.1 Å². The molecular formula is C14H16N2O2. The molecule has 1 unspecified atom stereocenters. The molecule has 1 fully saturated rings. The maximum atomic E-state index is 11.3. The summed E-state index contributed by atoms with van der Waals surface area (Å²) in [5, 5.41) is 9.24. The molecule has 1 aromatic heterocycles. The number of aromatic carboxylic acids is 1. The molecule has 1 aliphatic rings. The van der Waals surface area contributed by atoms with Crippen LogP contribution in [0, 0.1) is 11.8 Å². The minimum absolute atomic E-state index is 0.341. The van der Waals surface area contributed by atoms with Crippen molar-refractivity contribution in [1.29, 1.82) is 0 Å². The molecule has 1 saturated carbocycles. The number of benzene rings is 1. The minimum Gasteiger partial charge on any atom is -0.478 e. The van der Waals surface area contributed by atoms with E-state index in [0.29, 0.717) is 11.5 Å². The fourth-order valence-corrected chi connectivity index (χ4v) is 2.56. The molecule has 0 amide bonds. The summed E-state index contributed by atoms with van der Waals surface area (Å²) in [5.41, 5.74) is 1.85. The van der Waals surface area contributed by atoms with Crippen LogP contribution < -0.4 is 0 Å². The number of aromatic nitrogens is 2. The van der Waals surface area contributed by atoms with Gasteiger partial charge in [-0.3, -0.25) is 0 Å². The lowest BCUT2D eigenvalue weighted by Gasteiger charge is -2.12. The molecule has 3 rings (SSSR count). The largest absolute Gasteiger partial charge is 0.478 e. The zero-order valence-corrected chi connectivity index (χ0v) is 10.3. The van der Waals surface area contributed by atoms with Crippen LogP contribution in [0.2, 0.25) is 0 Å². The van der Waals surface area contributed by atoms with Crippen LogP contribution in [0.25, 0.3) is 11.0 Å². The summed E-state index contributed by atoms with van der Waals surface area (Å²) in [4.78, 5) is 15.6. The van der Waals surface area contributed by atoms with Crippen LogP contribution in [-0.4, -0.2) is 20.6 Å². The lowest BCUT2D eigenvalue weighted by molar-refractivity contribution is 0.0698. The summed E-state index contributed by atoms with van der Waals surface area (Å²) >= 11 is 0. The van der Waals surface area contributed by atoms with Crippen LogP contribution in [0.1, 0.15) is 30.1 Å². The number of carboxylic acids is 1. The smallest absolute Gasteiger partial charge is 0.337 e. The summed E-state index contributed by atoms with van der Waals surface area (Å²) in [7, 11) is 0. The molecule has 1 atom stereocenters. The highest BCUT2D eigenvalue weighted by atomic mass is 16.4. The molecule has 4 nitrogen and oxygen atoms in total. The average Bonchev–Trinajstić information content (AvgIpc) is 3.12. The van der Waals surface area contributed by atoms with Crippen LogP contribution in [0.3, 0.4) is 0 Å². The second-order valence-electron chi connectivity index (χ2n) is 5.19. The fourth-order valence-electron chi connectivity index (χ4n) is 2.56. The Morgan fingerprint density at radius 2 is 2.33 bits per heavy atom. The quantitative estimate of drug-likeness (QED) is 0.899. The SMILES string of the molecule is CC(Cn1cnc2cccc(C(=O)O)c21)C1CC1. The number of hydrogen-bond donors (Lipinski definition) is 1. The van der Waals surface area contributed by atoms with Crippen LogP contribution in [0.5, 0.6) is 0 Å². The fraction of sp³-hybridized carbons (Fsp3) is 0.429. The Labute approximate surface area is 105 Å². The summed E-state index contributed by atoms with van der Waals surface area (Å²) < 4.78 is 1.99. The van der Waals surface area contributed by atoms with E-state index in [9.17, 15) is 9.90 Å². The van der Waals surface area contributed by atoms with E-state index in [4.69, 9.17) is 0 Å². The van der Waals surface area contributed by atoms with Crippen molar-refractivity contribution in [2.45, 2.75) is 26.3 Å². The predicted octanol–water partition coefficient (Wildman–Crippen LogP) is 2.78. The second-order valence-corrected chi connectivity index (χ2v) is 5.19. The van der Waals surface area contributed by atoms with Gasteiger partial charge >= 0.3 is 5.97 Å². The van der Waals surface area contributed by atoms with E-state index < -0.39 is 5.97 Å².